The van der Waals surface area contributed by atoms with E-state index in [1.807, 2.05) is 11.9 Å². The topological polar surface area (TPSA) is 176 Å². The second-order valence-corrected chi connectivity index (χ2v) is 7.30. The number of nitrogens with two attached hydrogens (primary N) is 1. The lowest BCUT2D eigenvalue weighted by Gasteiger charge is -2.19. The average Bonchev–Trinajstić information content (AvgIpc) is 2.76. The zero-order valence-corrected chi connectivity index (χ0v) is 18.2. The highest BCUT2D eigenvalue weighted by Crippen LogP contribution is 2.19. The van der Waals surface area contributed by atoms with E-state index in [4.69, 9.17) is 10.8 Å². The van der Waals surface area contributed by atoms with Gasteiger partial charge in [-0.05, 0) is 30.7 Å². The van der Waals surface area contributed by atoms with Crippen molar-refractivity contribution in [2.24, 2.45) is 0 Å². The molecule has 2 aromatic heterocycles. The molecule has 0 aliphatic heterocycles. The Morgan fingerprint density at radius 1 is 1.12 bits per heavy atom. The Morgan fingerprint density at radius 3 is 2.52 bits per heavy atom. The molecule has 0 bridgehead atoms. The summed E-state index contributed by atoms with van der Waals surface area (Å²) in [5.74, 6) is -1.29. The molecule has 12 nitrogen and oxygen atoms in total. The number of hydrogen-bond acceptors (Lipinski definition) is 9. The van der Waals surface area contributed by atoms with Crippen LogP contribution < -0.4 is 21.3 Å². The van der Waals surface area contributed by atoms with Crippen molar-refractivity contribution in [3.8, 4) is 0 Å². The zero-order chi connectivity index (χ0) is 24.0. The summed E-state index contributed by atoms with van der Waals surface area (Å²) in [7, 11) is 1.87. The minimum atomic E-state index is -0.891. The molecule has 0 aliphatic carbocycles. The van der Waals surface area contributed by atoms with Gasteiger partial charge in [0, 0.05) is 38.2 Å². The third kappa shape index (κ3) is 6.32. The molecule has 5 N–H and O–H groups in total. The molecule has 3 aromatic rings. The number of carbonyl (C=O) groups excluding carboxylic acids is 2. The Hall–Kier alpha value is -4.35. The van der Waals surface area contributed by atoms with Crippen molar-refractivity contribution in [1.29, 1.82) is 0 Å². The summed E-state index contributed by atoms with van der Waals surface area (Å²) < 4.78 is 0. The Kier molecular flexibility index (Phi) is 7.28. The molecule has 0 saturated carbocycles. The second-order valence-electron chi connectivity index (χ2n) is 7.30. The molecule has 3 rings (SSSR count). The van der Waals surface area contributed by atoms with Crippen LogP contribution in [0, 0.1) is 0 Å². The molecule has 0 spiro atoms. The van der Waals surface area contributed by atoms with Crippen LogP contribution >= 0.6 is 0 Å². The number of aliphatic carboxylic acids is 1. The van der Waals surface area contributed by atoms with Crippen LogP contribution in [0.15, 0.2) is 30.5 Å². The number of hydrogen-bond donors (Lipinski definition) is 4. The van der Waals surface area contributed by atoms with Crippen LogP contribution in [0.2, 0.25) is 0 Å². The third-order valence-corrected chi connectivity index (χ3v) is 4.59. The average molecular weight is 452 g/mol. The van der Waals surface area contributed by atoms with Crippen LogP contribution in [0.4, 0.5) is 17.5 Å². The fraction of sp³-hybridized carbons (Fsp3) is 0.286. The molecule has 0 aliphatic rings. The van der Waals surface area contributed by atoms with E-state index in [1.165, 1.54) is 6.92 Å². The van der Waals surface area contributed by atoms with Crippen molar-refractivity contribution in [2.75, 3.05) is 29.5 Å². The molecule has 0 radical (unpaired) electrons. The van der Waals surface area contributed by atoms with Gasteiger partial charge in [-0.2, -0.15) is 9.97 Å². The minimum absolute atomic E-state index is 0.00984. The van der Waals surface area contributed by atoms with E-state index < -0.39 is 5.97 Å². The van der Waals surface area contributed by atoms with E-state index in [0.29, 0.717) is 36.3 Å². The van der Waals surface area contributed by atoms with Gasteiger partial charge in [-0.1, -0.05) is 0 Å². The number of anilines is 3. The first-order chi connectivity index (χ1) is 15.7. The van der Waals surface area contributed by atoms with Crippen molar-refractivity contribution in [2.45, 2.75) is 26.3 Å². The van der Waals surface area contributed by atoms with E-state index >= 15 is 0 Å². The van der Waals surface area contributed by atoms with Crippen LogP contribution in [0.1, 0.15) is 35.8 Å². The first-order valence-corrected chi connectivity index (χ1v) is 10.1. The van der Waals surface area contributed by atoms with E-state index in [0.717, 1.165) is 5.69 Å². The number of rotatable bonds is 9. The van der Waals surface area contributed by atoms with Gasteiger partial charge in [0.25, 0.3) is 5.91 Å². The zero-order valence-electron chi connectivity index (χ0n) is 18.2. The van der Waals surface area contributed by atoms with E-state index in [9.17, 15) is 14.4 Å². The number of nitrogens with one attached hydrogen (secondary N) is 2. The van der Waals surface area contributed by atoms with Gasteiger partial charge in [0.1, 0.15) is 0 Å². The Bertz CT molecular complexity index is 1180. The molecule has 33 heavy (non-hydrogen) atoms. The molecular formula is C21H24N8O4. The number of fused-ring (bicyclic) bond motifs is 1. The molecule has 0 saturated heterocycles. The molecule has 172 valence electrons. The molecule has 2 heterocycles. The maximum Gasteiger partial charge on any atom is 0.303 e. The van der Waals surface area contributed by atoms with E-state index in [-0.39, 0.29) is 35.6 Å². The van der Waals surface area contributed by atoms with Gasteiger partial charge in [-0.25, -0.2) is 9.97 Å². The number of nitrogens with zero attached hydrogens (tertiary/aromatic N) is 5. The fourth-order valence-electron chi connectivity index (χ4n) is 3.00. The summed E-state index contributed by atoms with van der Waals surface area (Å²) in [5.41, 5.74) is 8.54. The highest BCUT2D eigenvalue weighted by Gasteiger charge is 2.12. The molecule has 0 fully saturated rings. The first kappa shape index (κ1) is 23.3. The molecule has 0 unspecified atom stereocenters. The highest BCUT2D eigenvalue weighted by molar-refractivity contribution is 5.94. The first-order valence-electron chi connectivity index (χ1n) is 10.1. The number of benzene rings is 1. The maximum absolute atomic E-state index is 12.2. The van der Waals surface area contributed by atoms with Crippen molar-refractivity contribution in [1.82, 2.24) is 25.3 Å². The summed E-state index contributed by atoms with van der Waals surface area (Å²) in [6.45, 7) is 2.05. The summed E-state index contributed by atoms with van der Waals surface area (Å²) in [6.07, 6.45) is 1.95. The molecule has 12 heteroatoms. The normalized spacial score (nSPS) is 10.6. The molecule has 0 atom stereocenters. The lowest BCUT2D eigenvalue weighted by atomic mass is 10.1. The second kappa shape index (κ2) is 10.3. The van der Waals surface area contributed by atoms with E-state index in [1.54, 1.807) is 30.5 Å². The molecule has 2 amide bonds. The van der Waals surface area contributed by atoms with E-state index in [2.05, 4.69) is 30.6 Å². The number of aromatic nitrogens is 4. The predicted octanol–water partition coefficient (Wildman–Crippen LogP) is 1.19. The number of carbonyl (C=O) groups is 3. The lowest BCUT2D eigenvalue weighted by molar-refractivity contribution is -0.137. The third-order valence-electron chi connectivity index (χ3n) is 4.59. The number of amides is 2. The molecular weight excluding hydrogens is 428 g/mol. The number of nitrogen functional groups attached to an aromatic ring is 1. The number of carboxylic acid groups (broad SMARTS) is 1. The van der Waals surface area contributed by atoms with Gasteiger partial charge in [-0.3, -0.25) is 19.7 Å². The van der Waals surface area contributed by atoms with Gasteiger partial charge < -0.3 is 21.1 Å². The fourth-order valence-corrected chi connectivity index (χ4v) is 3.00. The minimum Gasteiger partial charge on any atom is -0.481 e. The van der Waals surface area contributed by atoms with Crippen LogP contribution in [-0.4, -0.2) is 56.4 Å². The largest absolute Gasteiger partial charge is 0.481 e. The lowest BCUT2D eigenvalue weighted by Crippen LogP contribution is -2.25. The maximum atomic E-state index is 12.2. The quantitative estimate of drug-likeness (QED) is 0.345. The van der Waals surface area contributed by atoms with Crippen molar-refractivity contribution >= 4 is 46.4 Å². The monoisotopic (exact) mass is 452 g/mol. The van der Waals surface area contributed by atoms with Gasteiger partial charge in [0.2, 0.25) is 11.9 Å². The van der Waals surface area contributed by atoms with Gasteiger partial charge >= 0.3 is 5.97 Å². The van der Waals surface area contributed by atoms with Crippen LogP contribution in [0.25, 0.3) is 11.2 Å². The van der Waals surface area contributed by atoms with Gasteiger partial charge in [-0.15, -0.1) is 0 Å². The van der Waals surface area contributed by atoms with Crippen molar-refractivity contribution in [3.63, 3.8) is 0 Å². The van der Waals surface area contributed by atoms with Crippen LogP contribution in [0.3, 0.4) is 0 Å². The van der Waals surface area contributed by atoms with Crippen LogP contribution in [-0.2, 0) is 16.1 Å². The smallest absolute Gasteiger partial charge is 0.303 e. The number of carboxylic acids is 1. The Balaban J connectivity index is 1.65. The van der Waals surface area contributed by atoms with Crippen molar-refractivity contribution < 1.29 is 19.5 Å². The van der Waals surface area contributed by atoms with Gasteiger partial charge in [0.15, 0.2) is 17.0 Å². The standard InChI is InChI=1S/C21H24N8O4/c1-12(30)25-21-27-18(22)17-19(28-21)24-10-14(26-17)11-29(2)15-7-5-13(6-8-15)20(33)23-9-3-4-16(31)32/h5-8,10H,3-4,9,11H2,1-2H3,(H,23,33)(H,31,32)(H3,22,24,25,27,28,30). The summed E-state index contributed by atoms with van der Waals surface area (Å²) in [5, 5.41) is 13.8. The Morgan fingerprint density at radius 2 is 1.85 bits per heavy atom. The summed E-state index contributed by atoms with van der Waals surface area (Å²) in [6, 6.07) is 7.00. The SMILES string of the molecule is CC(=O)Nc1nc(N)c2nc(CN(C)c3ccc(C(=O)NCCCC(=O)O)cc3)cnc2n1. The highest BCUT2D eigenvalue weighted by atomic mass is 16.4. The Labute approximate surface area is 189 Å². The van der Waals surface area contributed by atoms with Gasteiger partial charge in [0.05, 0.1) is 18.4 Å². The molecule has 1 aromatic carbocycles. The van der Waals surface area contributed by atoms with Crippen LogP contribution in [0.5, 0.6) is 0 Å². The predicted molar refractivity (Wildman–Crippen MR) is 122 cm³/mol. The van der Waals surface area contributed by atoms with Crippen molar-refractivity contribution in [3.05, 3.63) is 41.7 Å². The summed E-state index contributed by atoms with van der Waals surface area (Å²) >= 11 is 0. The summed E-state index contributed by atoms with van der Waals surface area (Å²) in [4.78, 5) is 52.7.